The molecule has 1 aliphatic rings. The van der Waals surface area contributed by atoms with Crippen LogP contribution in [-0.2, 0) is 22.7 Å². The van der Waals surface area contributed by atoms with E-state index in [9.17, 15) is 4.79 Å². The highest BCUT2D eigenvalue weighted by Crippen LogP contribution is 2.32. The molecule has 3 rings (SSSR count). The topological polar surface area (TPSA) is 50.8 Å². The lowest BCUT2D eigenvalue weighted by Gasteiger charge is -2.24. The van der Waals surface area contributed by atoms with E-state index in [1.165, 1.54) is 5.56 Å². The highest BCUT2D eigenvalue weighted by atomic mass is 35.5. The molecule has 2 aromatic carbocycles. The van der Waals surface area contributed by atoms with Crippen LogP contribution in [-0.4, -0.2) is 31.2 Å². The van der Waals surface area contributed by atoms with Gasteiger partial charge in [-0.1, -0.05) is 29.3 Å². The lowest BCUT2D eigenvalue weighted by Crippen LogP contribution is -2.30. The Kier molecular flexibility index (Phi) is 6.05. The van der Waals surface area contributed by atoms with Crippen LogP contribution in [0.4, 0.5) is 5.69 Å². The third-order valence-electron chi connectivity index (χ3n) is 4.55. The van der Waals surface area contributed by atoms with Gasteiger partial charge in [-0.2, -0.15) is 0 Å². The number of fused-ring (bicyclic) bond motifs is 1. The molecule has 1 amide bonds. The Labute approximate surface area is 165 Å². The van der Waals surface area contributed by atoms with Crippen LogP contribution in [0.25, 0.3) is 0 Å². The number of aryl methyl sites for hydroxylation is 3. The number of anilines is 1. The molecule has 0 aromatic heterocycles. The van der Waals surface area contributed by atoms with E-state index < -0.39 is 0 Å². The van der Waals surface area contributed by atoms with Crippen molar-refractivity contribution in [3.8, 4) is 5.75 Å². The van der Waals surface area contributed by atoms with Crippen LogP contribution in [0.15, 0.2) is 24.3 Å². The summed E-state index contributed by atoms with van der Waals surface area (Å²) in [5.41, 5.74) is 6.11. The Morgan fingerprint density at radius 2 is 1.89 bits per heavy atom. The van der Waals surface area contributed by atoms with Gasteiger partial charge in [0, 0.05) is 28.4 Å². The van der Waals surface area contributed by atoms with Gasteiger partial charge in [-0.25, -0.2) is 0 Å². The SMILES string of the molecule is Cc1cc(C)c(NC(=O)CN(C)Cc2cc(Cl)cc3c2OCOC3)c(C)c1. The van der Waals surface area contributed by atoms with E-state index in [1.807, 2.05) is 37.9 Å². The van der Waals surface area contributed by atoms with Crippen molar-refractivity contribution >= 4 is 23.2 Å². The first-order valence-corrected chi connectivity index (χ1v) is 9.29. The number of ether oxygens (including phenoxy) is 2. The van der Waals surface area contributed by atoms with Crippen molar-refractivity contribution in [3.63, 3.8) is 0 Å². The molecule has 0 spiro atoms. The molecule has 2 aromatic rings. The quantitative estimate of drug-likeness (QED) is 0.833. The molecule has 0 unspecified atom stereocenters. The predicted octanol–water partition coefficient (Wildman–Crippen LogP) is 4.20. The smallest absolute Gasteiger partial charge is 0.238 e. The molecule has 6 heteroatoms. The molecule has 27 heavy (non-hydrogen) atoms. The second kappa shape index (κ2) is 8.30. The van der Waals surface area contributed by atoms with E-state index in [4.69, 9.17) is 21.1 Å². The van der Waals surface area contributed by atoms with Crippen molar-refractivity contribution in [2.24, 2.45) is 0 Å². The fourth-order valence-corrected chi connectivity index (χ4v) is 3.79. The summed E-state index contributed by atoms with van der Waals surface area (Å²) in [4.78, 5) is 14.5. The number of nitrogens with one attached hydrogen (secondary N) is 1. The van der Waals surface area contributed by atoms with Crippen molar-refractivity contribution in [3.05, 3.63) is 57.1 Å². The average Bonchev–Trinajstić information content (AvgIpc) is 2.57. The number of hydrogen-bond donors (Lipinski definition) is 1. The predicted molar refractivity (Wildman–Crippen MR) is 107 cm³/mol. The number of carbonyl (C=O) groups excluding carboxylic acids is 1. The number of nitrogens with zero attached hydrogens (tertiary/aromatic N) is 1. The zero-order chi connectivity index (χ0) is 19.6. The third kappa shape index (κ3) is 4.80. The van der Waals surface area contributed by atoms with Crippen molar-refractivity contribution in [2.75, 3.05) is 25.7 Å². The summed E-state index contributed by atoms with van der Waals surface area (Å²) < 4.78 is 11.0. The first kappa shape index (κ1) is 19.7. The lowest BCUT2D eigenvalue weighted by atomic mass is 10.1. The molecule has 0 aliphatic carbocycles. The minimum Gasteiger partial charge on any atom is -0.467 e. The van der Waals surface area contributed by atoms with Crippen LogP contribution in [0.1, 0.15) is 27.8 Å². The van der Waals surface area contributed by atoms with Crippen LogP contribution >= 0.6 is 11.6 Å². The number of rotatable bonds is 5. The Morgan fingerprint density at radius 1 is 1.19 bits per heavy atom. The van der Waals surface area contributed by atoms with Crippen molar-refractivity contribution < 1.29 is 14.3 Å². The zero-order valence-corrected chi connectivity index (χ0v) is 16.9. The van der Waals surface area contributed by atoms with Gasteiger partial charge in [-0.15, -0.1) is 0 Å². The maximum absolute atomic E-state index is 12.5. The monoisotopic (exact) mass is 388 g/mol. The van der Waals surface area contributed by atoms with E-state index in [-0.39, 0.29) is 19.2 Å². The first-order valence-electron chi connectivity index (χ1n) is 8.91. The highest BCUT2D eigenvalue weighted by molar-refractivity contribution is 6.30. The molecule has 0 fully saturated rings. The molecule has 144 valence electrons. The lowest BCUT2D eigenvalue weighted by molar-refractivity contribution is -0.117. The van der Waals surface area contributed by atoms with Crippen LogP contribution < -0.4 is 10.1 Å². The van der Waals surface area contributed by atoms with Gasteiger partial charge >= 0.3 is 0 Å². The summed E-state index contributed by atoms with van der Waals surface area (Å²) in [6, 6.07) is 7.89. The Hall–Kier alpha value is -2.08. The van der Waals surface area contributed by atoms with Gasteiger partial charge in [0.1, 0.15) is 5.75 Å². The van der Waals surface area contributed by atoms with Gasteiger partial charge in [0.15, 0.2) is 6.79 Å². The normalized spacial score (nSPS) is 13.3. The fraction of sp³-hybridized carbons (Fsp3) is 0.381. The van der Waals surface area contributed by atoms with E-state index in [0.29, 0.717) is 18.2 Å². The molecule has 1 aliphatic heterocycles. The van der Waals surface area contributed by atoms with Gasteiger partial charge in [0.2, 0.25) is 5.91 Å². The van der Waals surface area contributed by atoms with E-state index in [2.05, 4.69) is 24.4 Å². The number of likely N-dealkylation sites (N-methyl/N-ethyl adjacent to an activating group) is 1. The second-order valence-electron chi connectivity index (χ2n) is 7.16. The van der Waals surface area contributed by atoms with Gasteiger partial charge < -0.3 is 14.8 Å². The Morgan fingerprint density at radius 3 is 2.59 bits per heavy atom. The molecule has 5 nitrogen and oxygen atoms in total. The summed E-state index contributed by atoms with van der Waals surface area (Å²) in [5.74, 6) is 0.760. The van der Waals surface area contributed by atoms with Crippen LogP contribution in [0.3, 0.4) is 0 Å². The molecule has 0 saturated heterocycles. The zero-order valence-electron chi connectivity index (χ0n) is 16.2. The van der Waals surface area contributed by atoms with Crippen molar-refractivity contribution in [1.82, 2.24) is 4.90 Å². The summed E-state index contributed by atoms with van der Waals surface area (Å²) in [7, 11) is 1.90. The first-order chi connectivity index (χ1) is 12.8. The van der Waals surface area contributed by atoms with Gasteiger partial charge in [-0.05, 0) is 51.1 Å². The molecular weight excluding hydrogens is 364 g/mol. The fourth-order valence-electron chi connectivity index (χ4n) is 3.52. The van der Waals surface area contributed by atoms with Gasteiger partial charge in [-0.3, -0.25) is 9.69 Å². The molecule has 0 radical (unpaired) electrons. The van der Waals surface area contributed by atoms with Gasteiger partial charge in [0.25, 0.3) is 0 Å². The van der Waals surface area contributed by atoms with Crippen LogP contribution in [0.5, 0.6) is 5.75 Å². The number of carbonyl (C=O) groups is 1. The molecular formula is C21H25ClN2O3. The van der Waals surface area contributed by atoms with Gasteiger partial charge in [0.05, 0.1) is 13.2 Å². The summed E-state index contributed by atoms with van der Waals surface area (Å²) in [6.07, 6.45) is 0. The van der Waals surface area contributed by atoms with Crippen LogP contribution in [0, 0.1) is 20.8 Å². The molecule has 0 saturated carbocycles. The third-order valence-corrected chi connectivity index (χ3v) is 4.77. The Bertz CT molecular complexity index is 844. The number of benzene rings is 2. The molecule has 0 bridgehead atoms. The number of amides is 1. The second-order valence-corrected chi connectivity index (χ2v) is 7.59. The summed E-state index contributed by atoms with van der Waals surface area (Å²) in [5, 5.41) is 3.68. The minimum atomic E-state index is -0.0484. The maximum atomic E-state index is 12.5. The van der Waals surface area contributed by atoms with Crippen LogP contribution in [0.2, 0.25) is 5.02 Å². The van der Waals surface area contributed by atoms with Crippen molar-refractivity contribution in [2.45, 2.75) is 33.9 Å². The van der Waals surface area contributed by atoms with Crippen molar-refractivity contribution in [1.29, 1.82) is 0 Å². The molecule has 1 heterocycles. The average molecular weight is 389 g/mol. The van der Waals surface area contributed by atoms with E-state index in [0.717, 1.165) is 33.7 Å². The standard InChI is InChI=1S/C21H25ClN2O3/c1-13-5-14(2)20(15(3)6-13)23-19(25)10-24(4)9-16-7-18(22)8-17-11-26-12-27-21(16)17/h5-8H,9-12H2,1-4H3,(H,23,25). The molecule has 0 atom stereocenters. The molecule has 1 N–H and O–H groups in total. The minimum absolute atomic E-state index is 0.0484. The van der Waals surface area contributed by atoms with E-state index >= 15 is 0 Å². The Balaban J connectivity index is 1.67. The highest BCUT2D eigenvalue weighted by Gasteiger charge is 2.18. The van der Waals surface area contributed by atoms with E-state index in [1.54, 1.807) is 0 Å². The summed E-state index contributed by atoms with van der Waals surface area (Å²) in [6.45, 7) is 7.62. The summed E-state index contributed by atoms with van der Waals surface area (Å²) >= 11 is 6.22. The number of halogens is 1. The largest absolute Gasteiger partial charge is 0.467 e. The number of hydrogen-bond acceptors (Lipinski definition) is 4. The maximum Gasteiger partial charge on any atom is 0.238 e.